The summed E-state index contributed by atoms with van der Waals surface area (Å²) in [6.45, 7) is 9.24. The Labute approximate surface area is 114 Å². The van der Waals surface area contributed by atoms with Crippen molar-refractivity contribution < 1.29 is 4.21 Å². The zero-order valence-corrected chi connectivity index (χ0v) is 12.7. The second-order valence-corrected chi connectivity index (χ2v) is 7.05. The van der Waals surface area contributed by atoms with Crippen molar-refractivity contribution in [2.45, 2.75) is 45.4 Å². The van der Waals surface area contributed by atoms with Crippen LogP contribution in [-0.4, -0.2) is 21.8 Å². The van der Waals surface area contributed by atoms with Gasteiger partial charge in [-0.2, -0.15) is 0 Å². The monoisotopic (exact) mass is 267 g/mol. The van der Waals surface area contributed by atoms with Gasteiger partial charge in [0.2, 0.25) is 0 Å². The summed E-state index contributed by atoms with van der Waals surface area (Å²) in [4.78, 5) is 0. The average Bonchev–Trinajstić information content (AvgIpc) is 2.35. The van der Waals surface area contributed by atoms with Crippen molar-refractivity contribution in [3.63, 3.8) is 0 Å². The summed E-state index contributed by atoms with van der Waals surface area (Å²) >= 11 is 0. The second kappa shape index (κ2) is 7.70. The van der Waals surface area contributed by atoms with Gasteiger partial charge in [-0.1, -0.05) is 50.6 Å². The molecule has 2 atom stereocenters. The number of aryl methyl sites for hydroxylation is 1. The molecule has 0 saturated heterocycles. The first-order chi connectivity index (χ1) is 8.54. The summed E-state index contributed by atoms with van der Waals surface area (Å²) in [7, 11) is -0.774. The van der Waals surface area contributed by atoms with Gasteiger partial charge in [-0.05, 0) is 25.5 Å². The minimum atomic E-state index is -0.774. The van der Waals surface area contributed by atoms with E-state index in [-0.39, 0.29) is 11.3 Å². The summed E-state index contributed by atoms with van der Waals surface area (Å²) in [6, 6.07) is 8.72. The van der Waals surface area contributed by atoms with Gasteiger partial charge in [0.25, 0.3) is 0 Å². The highest BCUT2D eigenvalue weighted by Crippen LogP contribution is 2.16. The number of hydrogen-bond acceptors (Lipinski definition) is 2. The van der Waals surface area contributed by atoms with Gasteiger partial charge in [-0.25, -0.2) is 0 Å². The van der Waals surface area contributed by atoms with E-state index in [0.717, 1.165) is 13.0 Å². The van der Waals surface area contributed by atoms with E-state index in [1.165, 1.54) is 11.1 Å². The predicted molar refractivity (Wildman–Crippen MR) is 80.4 cm³/mol. The third-order valence-electron chi connectivity index (χ3n) is 2.98. The van der Waals surface area contributed by atoms with E-state index >= 15 is 0 Å². The molecule has 1 aromatic rings. The number of benzene rings is 1. The van der Waals surface area contributed by atoms with Crippen LogP contribution < -0.4 is 5.32 Å². The van der Waals surface area contributed by atoms with Crippen LogP contribution in [0.15, 0.2) is 24.3 Å². The van der Waals surface area contributed by atoms with Crippen LogP contribution in [0.25, 0.3) is 0 Å². The Morgan fingerprint density at radius 1 is 1.22 bits per heavy atom. The molecule has 0 radical (unpaired) electrons. The molecule has 2 nitrogen and oxygen atoms in total. The molecular formula is C15H25NOS. The summed E-state index contributed by atoms with van der Waals surface area (Å²) < 4.78 is 12.0. The molecule has 0 fully saturated rings. The zero-order chi connectivity index (χ0) is 13.5. The second-order valence-electron chi connectivity index (χ2n) is 5.01. The van der Waals surface area contributed by atoms with Crippen molar-refractivity contribution in [2.75, 3.05) is 12.3 Å². The Morgan fingerprint density at radius 2 is 1.83 bits per heavy atom. The molecule has 3 heteroatoms. The van der Waals surface area contributed by atoms with Gasteiger partial charge in [0, 0.05) is 27.8 Å². The average molecular weight is 267 g/mol. The Balaban J connectivity index is 2.77. The molecule has 18 heavy (non-hydrogen) atoms. The lowest BCUT2D eigenvalue weighted by atomic mass is 10.1. The van der Waals surface area contributed by atoms with E-state index < -0.39 is 10.8 Å². The largest absolute Gasteiger partial charge is 0.309 e. The van der Waals surface area contributed by atoms with Crippen LogP contribution in [0.1, 0.15) is 44.4 Å². The van der Waals surface area contributed by atoms with Gasteiger partial charge in [-0.15, -0.1) is 0 Å². The van der Waals surface area contributed by atoms with Gasteiger partial charge in [0.05, 0.1) is 0 Å². The fourth-order valence-electron chi connectivity index (χ4n) is 1.75. The lowest BCUT2D eigenvalue weighted by Crippen LogP contribution is -2.28. The quantitative estimate of drug-likeness (QED) is 0.822. The van der Waals surface area contributed by atoms with Gasteiger partial charge < -0.3 is 5.32 Å². The minimum Gasteiger partial charge on any atom is -0.309 e. The summed E-state index contributed by atoms with van der Waals surface area (Å²) in [5.74, 6) is 0.695. The minimum absolute atomic E-state index is 0.203. The molecule has 0 aliphatic heterocycles. The van der Waals surface area contributed by atoms with Gasteiger partial charge in [0.15, 0.2) is 0 Å². The first kappa shape index (κ1) is 15.4. The fraction of sp³-hybridized carbons (Fsp3) is 0.600. The number of rotatable bonds is 7. The smallest absolute Gasteiger partial charge is 0.0436 e. The van der Waals surface area contributed by atoms with Crippen LogP contribution in [-0.2, 0) is 10.8 Å². The molecule has 0 aliphatic carbocycles. The summed E-state index contributed by atoms with van der Waals surface area (Å²) in [6.07, 6.45) is 1.09. The lowest BCUT2D eigenvalue weighted by molar-refractivity contribution is 0.568. The highest BCUT2D eigenvalue weighted by atomic mass is 32.2. The summed E-state index contributed by atoms with van der Waals surface area (Å²) in [5.41, 5.74) is 2.50. The molecule has 1 aromatic carbocycles. The zero-order valence-electron chi connectivity index (χ0n) is 11.9. The maximum absolute atomic E-state index is 12.0. The Bertz CT molecular complexity index is 373. The maximum atomic E-state index is 12.0. The van der Waals surface area contributed by atoms with E-state index in [0.29, 0.717) is 5.75 Å². The van der Waals surface area contributed by atoms with E-state index in [2.05, 4.69) is 43.4 Å². The van der Waals surface area contributed by atoms with Gasteiger partial charge >= 0.3 is 0 Å². The highest BCUT2D eigenvalue weighted by Gasteiger charge is 2.16. The van der Waals surface area contributed by atoms with Crippen LogP contribution in [0.3, 0.4) is 0 Å². The molecule has 0 aliphatic rings. The predicted octanol–water partition coefficient (Wildman–Crippen LogP) is 3.19. The number of nitrogens with one attached hydrogen (secondary N) is 1. The van der Waals surface area contributed by atoms with Crippen LogP contribution in [0, 0.1) is 6.92 Å². The number of hydrogen-bond donors (Lipinski definition) is 1. The van der Waals surface area contributed by atoms with E-state index in [9.17, 15) is 4.21 Å². The van der Waals surface area contributed by atoms with Crippen LogP contribution in [0.4, 0.5) is 0 Å². The molecule has 0 amide bonds. The SMILES string of the molecule is CCCNC(CS(=O)C(C)C)c1ccc(C)cc1. The third kappa shape index (κ3) is 4.91. The molecule has 0 heterocycles. The molecule has 0 saturated carbocycles. The molecule has 0 aromatic heterocycles. The van der Waals surface area contributed by atoms with Crippen molar-refractivity contribution in [3.8, 4) is 0 Å². The molecule has 0 spiro atoms. The topological polar surface area (TPSA) is 29.1 Å². The van der Waals surface area contributed by atoms with Crippen molar-refractivity contribution in [3.05, 3.63) is 35.4 Å². The lowest BCUT2D eigenvalue weighted by Gasteiger charge is -2.20. The maximum Gasteiger partial charge on any atom is 0.0436 e. The van der Waals surface area contributed by atoms with Gasteiger partial charge in [0.1, 0.15) is 0 Å². The molecule has 0 bridgehead atoms. The first-order valence-electron chi connectivity index (χ1n) is 6.71. The van der Waals surface area contributed by atoms with Crippen LogP contribution in [0.2, 0.25) is 0 Å². The van der Waals surface area contributed by atoms with Crippen LogP contribution >= 0.6 is 0 Å². The molecular weight excluding hydrogens is 242 g/mol. The van der Waals surface area contributed by atoms with Crippen molar-refractivity contribution in [1.29, 1.82) is 0 Å². The van der Waals surface area contributed by atoms with Gasteiger partial charge in [-0.3, -0.25) is 4.21 Å². The highest BCUT2D eigenvalue weighted by molar-refractivity contribution is 7.85. The van der Waals surface area contributed by atoms with Crippen molar-refractivity contribution >= 4 is 10.8 Å². The fourth-order valence-corrected chi connectivity index (χ4v) is 2.77. The standard InChI is InChI=1S/C15H25NOS/c1-5-10-16-15(11-18(17)12(2)3)14-8-6-13(4)7-9-14/h6-9,12,15-16H,5,10-11H2,1-4H3. The van der Waals surface area contributed by atoms with E-state index in [4.69, 9.17) is 0 Å². The van der Waals surface area contributed by atoms with Crippen LogP contribution in [0.5, 0.6) is 0 Å². The van der Waals surface area contributed by atoms with E-state index in [1.54, 1.807) is 0 Å². The van der Waals surface area contributed by atoms with E-state index in [1.807, 2.05) is 13.8 Å². The third-order valence-corrected chi connectivity index (χ3v) is 4.69. The summed E-state index contributed by atoms with van der Waals surface area (Å²) in [5, 5.41) is 3.72. The Hall–Kier alpha value is -0.670. The molecule has 102 valence electrons. The van der Waals surface area contributed by atoms with Crippen molar-refractivity contribution in [1.82, 2.24) is 5.32 Å². The molecule has 1 N–H and O–H groups in total. The van der Waals surface area contributed by atoms with Crippen molar-refractivity contribution in [2.24, 2.45) is 0 Å². The molecule has 1 rings (SSSR count). The first-order valence-corrected chi connectivity index (χ1v) is 8.10. The molecule has 2 unspecified atom stereocenters. The Morgan fingerprint density at radius 3 is 2.33 bits per heavy atom. The normalized spacial score (nSPS) is 14.7. The Kier molecular flexibility index (Phi) is 6.58.